The van der Waals surface area contributed by atoms with Crippen LogP contribution in [0.25, 0.3) is 11.1 Å². The van der Waals surface area contributed by atoms with E-state index in [9.17, 15) is 18.3 Å². The smallest absolute Gasteiger partial charge is 0.323 e. The standard InChI is InChI=1S/C32H24F6N8O/c33-23-4-6-25(27(35)14-23)31(47,18-46-19-41-42-43-46)32(37,38)30-8-3-22(17-40-30)20-2-7-29(28(36)13-20)45-11-9-44(10-12-45)24-5-1-21(16-39)26(34)15-24/h1-8,13-15,17,19,47H,9-12,18H2/t31-/m0/s1. The summed E-state index contributed by atoms with van der Waals surface area (Å²) in [6.45, 7) is 0.836. The second-order valence-corrected chi connectivity index (χ2v) is 10.9. The molecule has 0 bridgehead atoms. The zero-order valence-corrected chi connectivity index (χ0v) is 24.3. The van der Waals surface area contributed by atoms with Crippen molar-refractivity contribution < 1.29 is 31.4 Å². The molecule has 1 N–H and O–H groups in total. The summed E-state index contributed by atoms with van der Waals surface area (Å²) in [6, 6.07) is 14.6. The molecule has 1 atom stereocenters. The number of hydrogen-bond acceptors (Lipinski definition) is 8. The van der Waals surface area contributed by atoms with Gasteiger partial charge < -0.3 is 14.9 Å². The Bertz CT molecular complexity index is 1940. The normalized spacial score (nSPS) is 14.9. The van der Waals surface area contributed by atoms with Gasteiger partial charge in [-0.3, -0.25) is 4.98 Å². The molecule has 0 radical (unpaired) electrons. The largest absolute Gasteiger partial charge is 0.377 e. The molecular formula is C32H24F6N8O. The number of pyridine rings is 1. The number of halogens is 6. The van der Waals surface area contributed by atoms with Crippen molar-refractivity contribution in [3.05, 3.63) is 119 Å². The zero-order chi connectivity index (χ0) is 33.3. The van der Waals surface area contributed by atoms with Crippen LogP contribution < -0.4 is 9.80 Å². The van der Waals surface area contributed by atoms with Crippen molar-refractivity contribution in [1.82, 2.24) is 25.2 Å². The Morgan fingerprint density at radius 3 is 2.17 bits per heavy atom. The van der Waals surface area contributed by atoms with Gasteiger partial charge in [-0.15, -0.1) is 5.10 Å². The lowest BCUT2D eigenvalue weighted by Gasteiger charge is -2.37. The summed E-state index contributed by atoms with van der Waals surface area (Å²) in [5, 5.41) is 30.5. The van der Waals surface area contributed by atoms with Crippen LogP contribution in [0.1, 0.15) is 16.8 Å². The van der Waals surface area contributed by atoms with E-state index in [4.69, 9.17) is 5.26 Å². The number of anilines is 2. The van der Waals surface area contributed by atoms with Crippen molar-refractivity contribution in [2.75, 3.05) is 36.0 Å². The second kappa shape index (κ2) is 12.4. The Hall–Kier alpha value is -5.49. The SMILES string of the molecule is N#Cc1ccc(N2CCN(c3ccc(-c4ccc(C(F)(F)[C@](O)(Cn5cnnn5)c5ccc(F)cc5F)nc4)cc3F)CC2)cc1F. The van der Waals surface area contributed by atoms with Crippen LogP contribution in [0.5, 0.6) is 0 Å². The van der Waals surface area contributed by atoms with E-state index in [-0.39, 0.29) is 5.56 Å². The van der Waals surface area contributed by atoms with Gasteiger partial charge in [0.15, 0.2) is 5.60 Å². The summed E-state index contributed by atoms with van der Waals surface area (Å²) in [7, 11) is 0. The van der Waals surface area contributed by atoms with Crippen LogP contribution in [-0.4, -0.2) is 56.5 Å². The van der Waals surface area contributed by atoms with Crippen molar-refractivity contribution >= 4 is 11.4 Å². The molecule has 0 unspecified atom stereocenters. The molecule has 0 saturated carbocycles. The van der Waals surface area contributed by atoms with Gasteiger partial charge in [0.1, 0.15) is 41.4 Å². The highest BCUT2D eigenvalue weighted by Gasteiger charge is 2.58. The second-order valence-electron chi connectivity index (χ2n) is 10.9. The van der Waals surface area contributed by atoms with Crippen LogP contribution in [-0.2, 0) is 18.1 Å². The molecule has 47 heavy (non-hydrogen) atoms. The lowest BCUT2D eigenvalue weighted by molar-refractivity contribution is -0.207. The van der Waals surface area contributed by atoms with Crippen molar-refractivity contribution in [2.45, 2.75) is 18.1 Å². The summed E-state index contributed by atoms with van der Waals surface area (Å²) >= 11 is 0. The van der Waals surface area contributed by atoms with E-state index in [2.05, 4.69) is 20.5 Å². The Morgan fingerprint density at radius 2 is 1.55 bits per heavy atom. The van der Waals surface area contributed by atoms with Crippen LogP contribution in [0.3, 0.4) is 0 Å². The van der Waals surface area contributed by atoms with Crippen molar-refractivity contribution in [3.8, 4) is 17.2 Å². The lowest BCUT2D eigenvalue weighted by Crippen LogP contribution is -2.48. The molecule has 0 spiro atoms. The van der Waals surface area contributed by atoms with E-state index in [1.165, 1.54) is 24.3 Å². The molecule has 5 aromatic rings. The van der Waals surface area contributed by atoms with E-state index in [1.807, 2.05) is 9.80 Å². The molecule has 2 aromatic heterocycles. The third-order valence-corrected chi connectivity index (χ3v) is 8.10. The van der Waals surface area contributed by atoms with E-state index in [0.717, 1.165) is 29.3 Å². The fourth-order valence-corrected chi connectivity index (χ4v) is 5.57. The van der Waals surface area contributed by atoms with Gasteiger partial charge >= 0.3 is 5.92 Å². The Labute approximate surface area is 263 Å². The molecule has 15 heteroatoms. The average molecular weight is 651 g/mol. The minimum absolute atomic E-state index is 0.0454. The molecule has 1 fully saturated rings. The van der Waals surface area contributed by atoms with Crippen LogP contribution in [0.4, 0.5) is 37.7 Å². The summed E-state index contributed by atoms with van der Waals surface area (Å²) in [6.07, 6.45) is 2.03. The first-order valence-electron chi connectivity index (χ1n) is 14.2. The third-order valence-electron chi connectivity index (χ3n) is 8.10. The number of piperazine rings is 1. The summed E-state index contributed by atoms with van der Waals surface area (Å²) in [4.78, 5) is 7.61. The minimum atomic E-state index is -4.24. The van der Waals surface area contributed by atoms with Crippen LogP contribution in [0.15, 0.2) is 79.3 Å². The highest BCUT2D eigenvalue weighted by Crippen LogP contribution is 2.47. The number of aliphatic hydroxyl groups is 1. The molecule has 1 aliphatic heterocycles. The average Bonchev–Trinajstić information content (AvgIpc) is 3.57. The van der Waals surface area contributed by atoms with Crippen LogP contribution >= 0.6 is 0 Å². The van der Waals surface area contributed by atoms with Gasteiger partial charge in [0, 0.05) is 55.3 Å². The topological polar surface area (TPSA) is 107 Å². The van der Waals surface area contributed by atoms with Crippen molar-refractivity contribution in [1.29, 1.82) is 5.26 Å². The van der Waals surface area contributed by atoms with E-state index >= 15 is 13.2 Å². The molecule has 9 nitrogen and oxygen atoms in total. The molecule has 3 heterocycles. The van der Waals surface area contributed by atoms with Crippen LogP contribution in [0.2, 0.25) is 0 Å². The van der Waals surface area contributed by atoms with Gasteiger partial charge in [-0.25, -0.2) is 22.2 Å². The monoisotopic (exact) mass is 650 g/mol. The van der Waals surface area contributed by atoms with Gasteiger partial charge in [-0.2, -0.15) is 14.0 Å². The zero-order valence-electron chi connectivity index (χ0n) is 24.3. The summed E-state index contributed by atoms with van der Waals surface area (Å²) in [5.74, 6) is -7.84. The Morgan fingerprint density at radius 1 is 0.809 bits per heavy atom. The van der Waals surface area contributed by atoms with Gasteiger partial charge in [-0.1, -0.05) is 12.1 Å². The number of aromatic nitrogens is 5. The first kappa shape index (κ1) is 31.5. The predicted molar refractivity (Wildman–Crippen MR) is 157 cm³/mol. The van der Waals surface area contributed by atoms with Gasteiger partial charge in [0.2, 0.25) is 0 Å². The first-order valence-corrected chi connectivity index (χ1v) is 14.2. The molecule has 0 aliphatic carbocycles. The molecule has 1 saturated heterocycles. The predicted octanol–water partition coefficient (Wildman–Crippen LogP) is 5.17. The molecule has 0 amide bonds. The lowest BCUT2D eigenvalue weighted by atomic mass is 9.84. The number of benzene rings is 3. The number of rotatable bonds is 8. The molecule has 3 aromatic carbocycles. The van der Waals surface area contributed by atoms with E-state index in [0.29, 0.717) is 60.8 Å². The summed E-state index contributed by atoms with van der Waals surface area (Å²) in [5.41, 5.74) is -3.59. The number of nitrogens with zero attached hydrogens (tertiary/aromatic N) is 8. The minimum Gasteiger partial charge on any atom is -0.377 e. The highest BCUT2D eigenvalue weighted by atomic mass is 19.3. The van der Waals surface area contributed by atoms with E-state index < -0.39 is 52.6 Å². The van der Waals surface area contributed by atoms with Gasteiger partial charge in [0.25, 0.3) is 0 Å². The van der Waals surface area contributed by atoms with Gasteiger partial charge in [-0.05, 0) is 64.5 Å². The maximum atomic E-state index is 16.1. The Balaban J connectivity index is 1.20. The maximum Gasteiger partial charge on any atom is 0.323 e. The molecule has 1 aliphatic rings. The first-order chi connectivity index (χ1) is 22.5. The number of tetrazole rings is 1. The van der Waals surface area contributed by atoms with Crippen molar-refractivity contribution in [3.63, 3.8) is 0 Å². The fraction of sp³-hybridized carbons (Fsp3) is 0.219. The van der Waals surface area contributed by atoms with Gasteiger partial charge in [0.05, 0.1) is 17.8 Å². The molecule has 6 rings (SSSR count). The molecule has 240 valence electrons. The quantitative estimate of drug-likeness (QED) is 0.230. The summed E-state index contributed by atoms with van der Waals surface area (Å²) < 4.78 is 90.7. The fourth-order valence-electron chi connectivity index (χ4n) is 5.57. The highest BCUT2D eigenvalue weighted by molar-refractivity contribution is 5.67. The Kier molecular flexibility index (Phi) is 8.29. The van der Waals surface area contributed by atoms with E-state index in [1.54, 1.807) is 24.3 Å². The molecular weight excluding hydrogens is 626 g/mol. The maximum absolute atomic E-state index is 16.1. The number of alkyl halides is 2. The number of nitriles is 1. The third kappa shape index (κ3) is 5.95. The van der Waals surface area contributed by atoms with Crippen LogP contribution in [0, 0.1) is 34.6 Å². The van der Waals surface area contributed by atoms with Crippen molar-refractivity contribution in [2.24, 2.45) is 0 Å². The number of hydrogen-bond donors (Lipinski definition) is 1.